The second-order valence-electron chi connectivity index (χ2n) is 2.85. The van der Waals surface area contributed by atoms with Crippen LogP contribution in [0.5, 0.6) is 0 Å². The maximum atomic E-state index is 4.29. The van der Waals surface area contributed by atoms with E-state index in [9.17, 15) is 0 Å². The van der Waals surface area contributed by atoms with E-state index in [1.165, 1.54) is 5.69 Å². The summed E-state index contributed by atoms with van der Waals surface area (Å²) in [5.74, 6) is 0. The second-order valence-corrected chi connectivity index (χ2v) is 2.85. The summed E-state index contributed by atoms with van der Waals surface area (Å²) >= 11 is 0. The first-order valence-electron chi connectivity index (χ1n) is 4.28. The third-order valence-corrected chi connectivity index (χ3v) is 2.14. The number of aromatic nitrogens is 1. The molecule has 0 fully saturated rings. The van der Waals surface area contributed by atoms with Gasteiger partial charge < -0.3 is 4.90 Å². The summed E-state index contributed by atoms with van der Waals surface area (Å²) in [5, 5.41) is 0. The molecule has 0 aliphatic carbocycles. The summed E-state index contributed by atoms with van der Waals surface area (Å²) in [7, 11) is 0. The molecule has 1 aromatic rings. The molecule has 2 nitrogen and oxygen atoms in total. The Hall–Kier alpha value is -1.31. The van der Waals surface area contributed by atoms with Crippen LogP contribution in [0.15, 0.2) is 24.4 Å². The van der Waals surface area contributed by atoms with E-state index in [4.69, 9.17) is 0 Å². The van der Waals surface area contributed by atoms with Crippen LogP contribution in [0.3, 0.4) is 0 Å². The molecule has 0 unspecified atom stereocenters. The molecule has 1 aromatic heterocycles. The molecule has 1 aliphatic heterocycles. The monoisotopic (exact) mass is 160 g/mol. The zero-order valence-corrected chi connectivity index (χ0v) is 7.20. The number of pyridine rings is 1. The lowest BCUT2D eigenvalue weighted by Gasteiger charge is -2.25. The van der Waals surface area contributed by atoms with E-state index >= 15 is 0 Å². The van der Waals surface area contributed by atoms with Crippen molar-refractivity contribution in [2.75, 3.05) is 18.0 Å². The first kappa shape index (κ1) is 7.35. The molecular weight excluding hydrogens is 148 g/mol. The van der Waals surface area contributed by atoms with E-state index in [1.807, 2.05) is 12.3 Å². The van der Waals surface area contributed by atoms with Crippen LogP contribution in [0.4, 0.5) is 5.69 Å². The smallest absolute Gasteiger partial charge is 0.0860 e. The minimum absolute atomic E-state index is 1.01. The maximum absolute atomic E-state index is 4.29. The van der Waals surface area contributed by atoms with Crippen molar-refractivity contribution in [2.45, 2.75) is 6.92 Å². The summed E-state index contributed by atoms with van der Waals surface area (Å²) in [4.78, 5) is 6.60. The lowest BCUT2D eigenvalue weighted by molar-refractivity contribution is 0.891. The molecule has 2 heteroatoms. The molecule has 0 saturated carbocycles. The molecule has 0 N–H and O–H groups in total. The Balaban J connectivity index is 2.45. The Morgan fingerprint density at radius 3 is 3.33 bits per heavy atom. The molecular formula is C10H12N2. The minimum Gasteiger partial charge on any atom is -0.366 e. The summed E-state index contributed by atoms with van der Waals surface area (Å²) in [5.41, 5.74) is 2.34. The van der Waals surface area contributed by atoms with Crippen LogP contribution in [0.1, 0.15) is 12.6 Å². The summed E-state index contributed by atoms with van der Waals surface area (Å²) in [6.45, 7) is 4.22. The van der Waals surface area contributed by atoms with Gasteiger partial charge in [0.15, 0.2) is 0 Å². The Kier molecular flexibility index (Phi) is 1.82. The zero-order chi connectivity index (χ0) is 8.39. The maximum Gasteiger partial charge on any atom is 0.0860 e. The molecule has 2 rings (SSSR count). The van der Waals surface area contributed by atoms with E-state index in [1.54, 1.807) is 0 Å². The van der Waals surface area contributed by atoms with Gasteiger partial charge >= 0.3 is 0 Å². The van der Waals surface area contributed by atoms with Gasteiger partial charge in [-0.3, -0.25) is 4.98 Å². The van der Waals surface area contributed by atoms with E-state index in [-0.39, 0.29) is 0 Å². The largest absolute Gasteiger partial charge is 0.366 e. The molecule has 2 heterocycles. The van der Waals surface area contributed by atoms with Crippen LogP contribution in [0.25, 0.3) is 6.08 Å². The average Bonchev–Trinajstić information content (AvgIpc) is 2.17. The molecule has 0 saturated heterocycles. The standard InChI is InChI=1S/C10H12N2/c1-2-12-8-4-5-9-10(12)6-3-7-11-9/h3-7H,2,8H2,1H3. The SMILES string of the molecule is CCN1CC=Cc2ncccc21. The molecule has 0 spiro atoms. The number of fused-ring (bicyclic) bond motifs is 1. The van der Waals surface area contributed by atoms with Crippen LogP contribution in [-0.2, 0) is 0 Å². The third-order valence-electron chi connectivity index (χ3n) is 2.14. The second kappa shape index (κ2) is 2.97. The zero-order valence-electron chi connectivity index (χ0n) is 7.20. The van der Waals surface area contributed by atoms with Gasteiger partial charge in [-0.15, -0.1) is 0 Å². The number of nitrogens with zero attached hydrogens (tertiary/aromatic N) is 2. The fraction of sp³-hybridized carbons (Fsp3) is 0.300. The van der Waals surface area contributed by atoms with Crippen molar-refractivity contribution in [3.05, 3.63) is 30.1 Å². The van der Waals surface area contributed by atoms with Gasteiger partial charge in [-0.1, -0.05) is 6.08 Å². The number of rotatable bonds is 1. The molecule has 0 aromatic carbocycles. The first-order chi connectivity index (χ1) is 5.92. The van der Waals surface area contributed by atoms with Crippen LogP contribution >= 0.6 is 0 Å². The topological polar surface area (TPSA) is 16.1 Å². The van der Waals surface area contributed by atoms with Crippen molar-refractivity contribution in [2.24, 2.45) is 0 Å². The van der Waals surface area contributed by atoms with Crippen LogP contribution in [0, 0.1) is 0 Å². The normalized spacial score (nSPS) is 14.6. The Morgan fingerprint density at radius 1 is 1.58 bits per heavy atom. The highest BCUT2D eigenvalue weighted by Gasteiger charge is 2.10. The van der Waals surface area contributed by atoms with Crippen molar-refractivity contribution in [3.8, 4) is 0 Å². The lowest BCUT2D eigenvalue weighted by Crippen LogP contribution is -2.25. The van der Waals surface area contributed by atoms with Crippen molar-refractivity contribution < 1.29 is 0 Å². The highest BCUT2D eigenvalue weighted by atomic mass is 15.1. The van der Waals surface area contributed by atoms with Crippen molar-refractivity contribution in [3.63, 3.8) is 0 Å². The fourth-order valence-corrected chi connectivity index (χ4v) is 1.49. The fourth-order valence-electron chi connectivity index (χ4n) is 1.49. The number of hydrogen-bond donors (Lipinski definition) is 0. The molecule has 1 aliphatic rings. The highest BCUT2D eigenvalue weighted by molar-refractivity contribution is 5.67. The molecule has 0 atom stereocenters. The van der Waals surface area contributed by atoms with Crippen molar-refractivity contribution in [1.82, 2.24) is 4.98 Å². The number of likely N-dealkylation sites (N-methyl/N-ethyl adjacent to an activating group) is 1. The van der Waals surface area contributed by atoms with Crippen molar-refractivity contribution >= 4 is 11.8 Å². The average molecular weight is 160 g/mol. The molecule has 0 bridgehead atoms. The van der Waals surface area contributed by atoms with Gasteiger partial charge in [-0.2, -0.15) is 0 Å². The van der Waals surface area contributed by atoms with E-state index in [2.05, 4.69) is 35.0 Å². The van der Waals surface area contributed by atoms with Gasteiger partial charge in [0.25, 0.3) is 0 Å². The predicted molar refractivity (Wildman–Crippen MR) is 51.2 cm³/mol. The lowest BCUT2D eigenvalue weighted by atomic mass is 10.2. The van der Waals surface area contributed by atoms with Gasteiger partial charge in [0.2, 0.25) is 0 Å². The van der Waals surface area contributed by atoms with Crippen LogP contribution in [-0.4, -0.2) is 18.1 Å². The van der Waals surface area contributed by atoms with Crippen molar-refractivity contribution in [1.29, 1.82) is 0 Å². The van der Waals surface area contributed by atoms with E-state index < -0.39 is 0 Å². The van der Waals surface area contributed by atoms with Gasteiger partial charge in [0.1, 0.15) is 0 Å². The predicted octanol–water partition coefficient (Wildman–Crippen LogP) is 1.93. The molecule has 0 amide bonds. The van der Waals surface area contributed by atoms with E-state index in [0.29, 0.717) is 0 Å². The van der Waals surface area contributed by atoms with Gasteiger partial charge in [0.05, 0.1) is 11.4 Å². The third kappa shape index (κ3) is 1.09. The van der Waals surface area contributed by atoms with Gasteiger partial charge in [-0.25, -0.2) is 0 Å². The minimum atomic E-state index is 1.01. The molecule has 0 radical (unpaired) electrons. The molecule has 12 heavy (non-hydrogen) atoms. The quantitative estimate of drug-likeness (QED) is 0.624. The summed E-state index contributed by atoms with van der Waals surface area (Å²) in [6.07, 6.45) is 6.07. The van der Waals surface area contributed by atoms with Gasteiger partial charge in [-0.05, 0) is 25.1 Å². The first-order valence-corrected chi connectivity index (χ1v) is 4.28. The highest BCUT2D eigenvalue weighted by Crippen LogP contribution is 2.22. The summed E-state index contributed by atoms with van der Waals surface area (Å²) in [6, 6.07) is 4.11. The van der Waals surface area contributed by atoms with Crippen LogP contribution in [0.2, 0.25) is 0 Å². The molecule has 62 valence electrons. The van der Waals surface area contributed by atoms with Gasteiger partial charge in [0, 0.05) is 19.3 Å². The van der Waals surface area contributed by atoms with Crippen LogP contribution < -0.4 is 4.90 Å². The Morgan fingerprint density at radius 2 is 2.50 bits per heavy atom. The number of anilines is 1. The number of hydrogen-bond acceptors (Lipinski definition) is 2. The Labute approximate surface area is 72.5 Å². The summed E-state index contributed by atoms with van der Waals surface area (Å²) < 4.78 is 0. The Bertz CT molecular complexity index is 304. The van der Waals surface area contributed by atoms with E-state index in [0.717, 1.165) is 18.8 Å².